The summed E-state index contributed by atoms with van der Waals surface area (Å²) in [7, 11) is 0. The molecule has 0 saturated heterocycles. The van der Waals surface area contributed by atoms with Crippen LogP contribution in [-0.4, -0.2) is 18.1 Å². The molecule has 0 unspecified atom stereocenters. The molecule has 0 spiro atoms. The number of aryl methyl sites for hydroxylation is 1. The van der Waals surface area contributed by atoms with Gasteiger partial charge in [-0.25, -0.2) is 10.2 Å². The van der Waals surface area contributed by atoms with E-state index in [4.69, 9.17) is 4.74 Å². The van der Waals surface area contributed by atoms with Gasteiger partial charge in [-0.1, -0.05) is 88.8 Å². The number of carbonyl (C=O) groups excluding carboxylic acids is 2. The first kappa shape index (κ1) is 27.3. The number of benzene rings is 2. The van der Waals surface area contributed by atoms with Crippen LogP contribution in [0.25, 0.3) is 0 Å². The number of hydrogen-bond acceptors (Lipinski definition) is 4. The third kappa shape index (κ3) is 11.8. The van der Waals surface area contributed by atoms with Crippen molar-refractivity contribution in [3.8, 4) is 5.75 Å². The van der Waals surface area contributed by atoms with Crippen LogP contribution < -0.4 is 10.2 Å². The van der Waals surface area contributed by atoms with E-state index in [1.54, 1.807) is 42.6 Å². The SMILES string of the molecule is CCCCCCCCCCCCCC(=O)N/N=C\c1ccc(OC(=O)c2ccc(C)cc2)cc1. The van der Waals surface area contributed by atoms with E-state index in [-0.39, 0.29) is 5.91 Å². The Morgan fingerprint density at radius 2 is 1.35 bits per heavy atom. The molecular formula is C29H40N2O3. The first-order chi connectivity index (χ1) is 16.6. The predicted molar refractivity (Wildman–Crippen MR) is 139 cm³/mol. The Morgan fingerprint density at radius 3 is 1.94 bits per heavy atom. The van der Waals surface area contributed by atoms with Crippen LogP contribution in [0.2, 0.25) is 0 Å². The molecule has 0 radical (unpaired) electrons. The second-order valence-electron chi connectivity index (χ2n) is 8.90. The van der Waals surface area contributed by atoms with Crippen molar-refractivity contribution in [2.75, 3.05) is 0 Å². The Bertz CT molecular complexity index is 873. The molecule has 0 aromatic heterocycles. The maximum atomic E-state index is 12.2. The van der Waals surface area contributed by atoms with Crippen molar-refractivity contribution in [1.29, 1.82) is 0 Å². The summed E-state index contributed by atoms with van der Waals surface area (Å²) < 4.78 is 5.39. The van der Waals surface area contributed by atoms with E-state index in [1.807, 2.05) is 19.1 Å². The first-order valence-electron chi connectivity index (χ1n) is 12.8. The summed E-state index contributed by atoms with van der Waals surface area (Å²) >= 11 is 0. The summed E-state index contributed by atoms with van der Waals surface area (Å²) in [6.45, 7) is 4.22. The average molecular weight is 465 g/mol. The van der Waals surface area contributed by atoms with Crippen LogP contribution in [0.5, 0.6) is 5.75 Å². The molecule has 2 aromatic rings. The van der Waals surface area contributed by atoms with Gasteiger partial charge in [-0.05, 0) is 55.3 Å². The van der Waals surface area contributed by atoms with Crippen LogP contribution in [0, 0.1) is 6.92 Å². The zero-order valence-electron chi connectivity index (χ0n) is 20.9. The van der Waals surface area contributed by atoms with E-state index < -0.39 is 5.97 Å². The lowest BCUT2D eigenvalue weighted by atomic mass is 10.1. The molecule has 2 rings (SSSR count). The monoisotopic (exact) mass is 464 g/mol. The van der Waals surface area contributed by atoms with Crippen molar-refractivity contribution < 1.29 is 14.3 Å². The normalized spacial score (nSPS) is 11.0. The number of rotatable bonds is 16. The molecule has 0 atom stereocenters. The Morgan fingerprint density at radius 1 is 0.794 bits per heavy atom. The lowest BCUT2D eigenvalue weighted by Gasteiger charge is -2.05. The van der Waals surface area contributed by atoms with Gasteiger partial charge in [-0.2, -0.15) is 5.10 Å². The zero-order chi connectivity index (χ0) is 24.4. The molecule has 34 heavy (non-hydrogen) atoms. The summed E-state index contributed by atoms with van der Waals surface area (Å²) in [6.07, 6.45) is 16.0. The van der Waals surface area contributed by atoms with Crippen LogP contribution in [0.15, 0.2) is 53.6 Å². The largest absolute Gasteiger partial charge is 0.423 e. The van der Waals surface area contributed by atoms with E-state index in [2.05, 4.69) is 17.5 Å². The molecular weight excluding hydrogens is 424 g/mol. The Balaban J connectivity index is 1.55. The van der Waals surface area contributed by atoms with Crippen LogP contribution in [-0.2, 0) is 4.79 Å². The molecule has 1 N–H and O–H groups in total. The van der Waals surface area contributed by atoms with Gasteiger partial charge < -0.3 is 4.74 Å². The van der Waals surface area contributed by atoms with E-state index >= 15 is 0 Å². The maximum Gasteiger partial charge on any atom is 0.343 e. The van der Waals surface area contributed by atoms with E-state index in [0.29, 0.717) is 17.7 Å². The third-order valence-electron chi connectivity index (χ3n) is 5.79. The predicted octanol–water partition coefficient (Wildman–Crippen LogP) is 7.37. The lowest BCUT2D eigenvalue weighted by Crippen LogP contribution is -2.16. The third-order valence-corrected chi connectivity index (χ3v) is 5.79. The Hall–Kier alpha value is -2.95. The van der Waals surface area contributed by atoms with Crippen molar-refractivity contribution in [3.63, 3.8) is 0 Å². The van der Waals surface area contributed by atoms with Crippen LogP contribution in [0.3, 0.4) is 0 Å². The van der Waals surface area contributed by atoms with E-state index in [1.165, 1.54) is 57.8 Å². The second kappa shape index (κ2) is 16.6. The fourth-order valence-corrected chi connectivity index (χ4v) is 3.66. The minimum absolute atomic E-state index is 0.0594. The fraction of sp³-hybridized carbons (Fsp3) is 0.483. The Labute approximate surface area is 205 Å². The number of unbranched alkanes of at least 4 members (excludes halogenated alkanes) is 10. The molecule has 5 heteroatoms. The van der Waals surface area contributed by atoms with E-state index in [0.717, 1.165) is 24.0 Å². The number of amides is 1. The quantitative estimate of drug-likeness (QED) is 0.0927. The zero-order valence-corrected chi connectivity index (χ0v) is 20.9. The summed E-state index contributed by atoms with van der Waals surface area (Å²) in [5.74, 6) is 0.00941. The minimum atomic E-state index is -0.393. The van der Waals surface area contributed by atoms with Crippen molar-refractivity contribution in [2.45, 2.75) is 90.9 Å². The second-order valence-corrected chi connectivity index (χ2v) is 8.90. The van der Waals surface area contributed by atoms with Crippen molar-refractivity contribution in [2.24, 2.45) is 5.10 Å². The molecule has 0 aliphatic heterocycles. The number of nitrogens with zero attached hydrogens (tertiary/aromatic N) is 1. The molecule has 2 aromatic carbocycles. The standard InChI is InChI=1S/C29H40N2O3/c1-3-4-5-6-7-8-9-10-11-12-13-14-28(32)31-30-23-25-17-21-27(22-18-25)34-29(33)26-19-15-24(2)16-20-26/h15-23H,3-14H2,1-2H3,(H,31,32)/b30-23-. The highest BCUT2D eigenvalue weighted by atomic mass is 16.5. The Kier molecular flexibility index (Phi) is 13.4. The molecule has 0 fully saturated rings. The van der Waals surface area contributed by atoms with E-state index in [9.17, 15) is 9.59 Å². The summed E-state index contributed by atoms with van der Waals surface area (Å²) in [4.78, 5) is 24.1. The molecule has 0 bridgehead atoms. The number of carbonyl (C=O) groups is 2. The van der Waals surface area contributed by atoms with Gasteiger partial charge in [-0.3, -0.25) is 4.79 Å². The van der Waals surface area contributed by atoms with Gasteiger partial charge in [0.1, 0.15) is 5.75 Å². The summed E-state index contributed by atoms with van der Waals surface area (Å²) in [5, 5.41) is 4.03. The van der Waals surface area contributed by atoms with Gasteiger partial charge in [0.2, 0.25) is 5.91 Å². The van der Waals surface area contributed by atoms with Gasteiger partial charge in [-0.15, -0.1) is 0 Å². The highest BCUT2D eigenvalue weighted by Gasteiger charge is 2.08. The molecule has 5 nitrogen and oxygen atoms in total. The van der Waals surface area contributed by atoms with Gasteiger partial charge in [0.25, 0.3) is 0 Å². The maximum absolute atomic E-state index is 12.2. The van der Waals surface area contributed by atoms with Gasteiger partial charge in [0.05, 0.1) is 11.8 Å². The number of hydrazone groups is 1. The van der Waals surface area contributed by atoms with Crippen LogP contribution in [0.1, 0.15) is 105 Å². The van der Waals surface area contributed by atoms with Gasteiger partial charge in [0, 0.05) is 6.42 Å². The summed E-state index contributed by atoms with van der Waals surface area (Å²) in [6, 6.07) is 14.2. The van der Waals surface area contributed by atoms with Crippen molar-refractivity contribution in [3.05, 3.63) is 65.2 Å². The molecule has 0 saturated carbocycles. The first-order valence-corrected chi connectivity index (χ1v) is 12.8. The number of ether oxygens (including phenoxy) is 1. The van der Waals surface area contributed by atoms with Crippen LogP contribution in [0.4, 0.5) is 0 Å². The minimum Gasteiger partial charge on any atom is -0.423 e. The summed E-state index contributed by atoms with van der Waals surface area (Å²) in [5.41, 5.74) is 4.99. The smallest absolute Gasteiger partial charge is 0.343 e. The molecule has 1 amide bonds. The highest BCUT2D eigenvalue weighted by molar-refractivity contribution is 5.91. The molecule has 0 aliphatic rings. The highest BCUT2D eigenvalue weighted by Crippen LogP contribution is 2.14. The lowest BCUT2D eigenvalue weighted by molar-refractivity contribution is -0.121. The van der Waals surface area contributed by atoms with Crippen molar-refractivity contribution >= 4 is 18.1 Å². The fourth-order valence-electron chi connectivity index (χ4n) is 3.66. The molecule has 184 valence electrons. The van der Waals surface area contributed by atoms with Crippen LogP contribution >= 0.6 is 0 Å². The van der Waals surface area contributed by atoms with Gasteiger partial charge in [0.15, 0.2) is 0 Å². The number of esters is 1. The number of hydrogen-bond donors (Lipinski definition) is 1. The van der Waals surface area contributed by atoms with Gasteiger partial charge >= 0.3 is 5.97 Å². The number of nitrogens with one attached hydrogen (secondary N) is 1. The molecule has 0 aliphatic carbocycles. The van der Waals surface area contributed by atoms with Crippen molar-refractivity contribution in [1.82, 2.24) is 5.43 Å². The average Bonchev–Trinajstić information content (AvgIpc) is 2.84. The topological polar surface area (TPSA) is 67.8 Å². The molecule has 0 heterocycles.